The van der Waals surface area contributed by atoms with Crippen LogP contribution in [-0.2, 0) is 11.2 Å². The number of carbonyl (C=O) groups excluding carboxylic acids is 1. The summed E-state index contributed by atoms with van der Waals surface area (Å²) in [4.78, 5) is 31.4. The molecule has 0 saturated heterocycles. The van der Waals surface area contributed by atoms with Gasteiger partial charge in [0.05, 0.1) is 33.2 Å². The Labute approximate surface area is 167 Å². The van der Waals surface area contributed by atoms with E-state index >= 15 is 0 Å². The van der Waals surface area contributed by atoms with Gasteiger partial charge in [-0.05, 0) is 38.3 Å². The Bertz CT molecular complexity index is 883. The molecule has 1 atom stereocenters. The lowest BCUT2D eigenvalue weighted by atomic mass is 9.96. The number of methoxy groups -OCH3 is 1. The maximum Gasteiger partial charge on any atom is 0.293 e. The number of nitro benzene ring substituents is 1. The van der Waals surface area contributed by atoms with Gasteiger partial charge in [-0.3, -0.25) is 14.9 Å². The predicted octanol–water partition coefficient (Wildman–Crippen LogP) is 3.57. The molecule has 0 saturated carbocycles. The predicted molar refractivity (Wildman–Crippen MR) is 108 cm³/mol. The van der Waals surface area contributed by atoms with E-state index in [2.05, 4.69) is 10.3 Å². The first-order valence-corrected chi connectivity index (χ1v) is 9.98. The number of ether oxygens (including phenoxy) is 1. The first-order valence-electron chi connectivity index (χ1n) is 9.17. The van der Waals surface area contributed by atoms with Gasteiger partial charge in [0, 0.05) is 32.3 Å². The molecule has 1 aliphatic carbocycles. The summed E-state index contributed by atoms with van der Waals surface area (Å²) in [6.45, 7) is 2.85. The van der Waals surface area contributed by atoms with Gasteiger partial charge in [0.2, 0.25) is 0 Å². The summed E-state index contributed by atoms with van der Waals surface area (Å²) in [5.41, 5.74) is 1.63. The fourth-order valence-corrected chi connectivity index (χ4v) is 4.64. The lowest BCUT2D eigenvalue weighted by Crippen LogP contribution is -2.32. The molecule has 2 aromatic rings. The Kier molecular flexibility index (Phi) is 6.25. The lowest BCUT2D eigenvalue weighted by molar-refractivity contribution is -0.384. The fourth-order valence-electron chi connectivity index (χ4n) is 3.49. The minimum absolute atomic E-state index is 0.0407. The zero-order valence-corrected chi connectivity index (χ0v) is 17.0. The van der Waals surface area contributed by atoms with Crippen molar-refractivity contribution >= 4 is 28.6 Å². The molecule has 0 radical (unpaired) electrons. The highest BCUT2D eigenvalue weighted by molar-refractivity contribution is 7.11. The summed E-state index contributed by atoms with van der Waals surface area (Å²) >= 11 is 1.63. The first-order chi connectivity index (χ1) is 13.4. The second kappa shape index (κ2) is 8.66. The third-order valence-corrected chi connectivity index (χ3v) is 5.99. The molecule has 1 aromatic carbocycles. The van der Waals surface area contributed by atoms with Gasteiger partial charge in [-0.25, -0.2) is 4.98 Å². The summed E-state index contributed by atoms with van der Waals surface area (Å²) in [6.07, 6.45) is 2.78. The number of carbonyl (C=O) groups is 1. The molecule has 0 aliphatic heterocycles. The third-order valence-electron chi connectivity index (χ3n) is 4.88. The SMILES string of the molecule is COCCNc1ccc(C(=O)N(C)C2CCCc3nc(C)sc32)cc1[N+](=O)[O-]. The maximum absolute atomic E-state index is 13.1. The largest absolute Gasteiger partial charge is 0.383 e. The zero-order chi connectivity index (χ0) is 20.3. The van der Waals surface area contributed by atoms with Crippen LogP contribution >= 0.6 is 11.3 Å². The molecule has 0 bridgehead atoms. The number of hydrogen-bond acceptors (Lipinski definition) is 7. The van der Waals surface area contributed by atoms with E-state index in [0.717, 1.165) is 34.8 Å². The highest BCUT2D eigenvalue weighted by atomic mass is 32.1. The van der Waals surface area contributed by atoms with Gasteiger partial charge in [-0.2, -0.15) is 0 Å². The molecule has 150 valence electrons. The van der Waals surface area contributed by atoms with Crippen LogP contribution in [0, 0.1) is 17.0 Å². The number of rotatable bonds is 7. The van der Waals surface area contributed by atoms with Crippen LogP contribution in [0.25, 0.3) is 0 Å². The Morgan fingerprint density at radius 1 is 1.50 bits per heavy atom. The molecule has 3 rings (SSSR count). The van der Waals surface area contributed by atoms with E-state index in [-0.39, 0.29) is 17.6 Å². The number of nitrogens with zero attached hydrogens (tertiary/aromatic N) is 3. The summed E-state index contributed by atoms with van der Waals surface area (Å²) in [5, 5.41) is 15.4. The highest BCUT2D eigenvalue weighted by Crippen LogP contribution is 2.38. The molecule has 0 spiro atoms. The zero-order valence-electron chi connectivity index (χ0n) is 16.2. The average molecular weight is 404 g/mol. The molecular weight excluding hydrogens is 380 g/mol. The quantitative estimate of drug-likeness (QED) is 0.430. The minimum atomic E-state index is -0.475. The number of anilines is 1. The second-order valence-electron chi connectivity index (χ2n) is 6.78. The van der Waals surface area contributed by atoms with Crippen molar-refractivity contribution in [3.63, 3.8) is 0 Å². The van der Waals surface area contributed by atoms with E-state index in [0.29, 0.717) is 24.4 Å². The Balaban J connectivity index is 1.84. The smallest absolute Gasteiger partial charge is 0.293 e. The van der Waals surface area contributed by atoms with Gasteiger partial charge in [-0.15, -0.1) is 11.3 Å². The number of thiazole rings is 1. The monoisotopic (exact) mass is 404 g/mol. The molecule has 1 aromatic heterocycles. The second-order valence-corrected chi connectivity index (χ2v) is 8.01. The summed E-state index contributed by atoms with van der Waals surface area (Å²) in [7, 11) is 3.32. The minimum Gasteiger partial charge on any atom is -0.383 e. The van der Waals surface area contributed by atoms with Crippen LogP contribution in [0.5, 0.6) is 0 Å². The van der Waals surface area contributed by atoms with Crippen molar-refractivity contribution in [1.82, 2.24) is 9.88 Å². The first kappa shape index (κ1) is 20.2. The normalized spacial score (nSPS) is 15.8. The lowest BCUT2D eigenvalue weighted by Gasteiger charge is -2.30. The van der Waals surface area contributed by atoms with Crippen molar-refractivity contribution in [2.45, 2.75) is 32.2 Å². The highest BCUT2D eigenvalue weighted by Gasteiger charge is 2.30. The van der Waals surface area contributed by atoms with E-state index < -0.39 is 4.92 Å². The van der Waals surface area contributed by atoms with Crippen LogP contribution in [-0.4, -0.2) is 48.0 Å². The molecule has 1 heterocycles. The Morgan fingerprint density at radius 3 is 3.00 bits per heavy atom. The number of nitro groups is 1. The van der Waals surface area contributed by atoms with Crippen molar-refractivity contribution < 1.29 is 14.5 Å². The van der Waals surface area contributed by atoms with Crippen LogP contribution < -0.4 is 5.32 Å². The van der Waals surface area contributed by atoms with Crippen LogP contribution in [0.4, 0.5) is 11.4 Å². The summed E-state index contributed by atoms with van der Waals surface area (Å²) < 4.78 is 4.96. The van der Waals surface area contributed by atoms with Crippen molar-refractivity contribution in [2.24, 2.45) is 0 Å². The van der Waals surface area contributed by atoms with Gasteiger partial charge in [0.25, 0.3) is 11.6 Å². The number of amides is 1. The Morgan fingerprint density at radius 2 is 2.29 bits per heavy atom. The number of hydrogen-bond donors (Lipinski definition) is 1. The van der Waals surface area contributed by atoms with Gasteiger partial charge in [0.1, 0.15) is 5.69 Å². The van der Waals surface area contributed by atoms with Crippen molar-refractivity contribution in [3.8, 4) is 0 Å². The number of nitrogens with one attached hydrogen (secondary N) is 1. The molecular formula is C19H24N4O4S. The van der Waals surface area contributed by atoms with Gasteiger partial charge < -0.3 is 15.0 Å². The van der Waals surface area contributed by atoms with Gasteiger partial charge in [0.15, 0.2) is 0 Å². The molecule has 8 nitrogen and oxygen atoms in total. The van der Waals surface area contributed by atoms with Crippen LogP contribution in [0.3, 0.4) is 0 Å². The molecule has 9 heteroatoms. The Hall–Kier alpha value is -2.52. The van der Waals surface area contributed by atoms with Crippen LogP contribution in [0.1, 0.15) is 44.8 Å². The van der Waals surface area contributed by atoms with E-state index in [1.54, 1.807) is 42.5 Å². The topological polar surface area (TPSA) is 97.6 Å². The van der Waals surface area contributed by atoms with Crippen molar-refractivity contribution in [3.05, 3.63) is 49.5 Å². The summed E-state index contributed by atoms with van der Waals surface area (Å²) in [5.74, 6) is -0.226. The number of benzene rings is 1. The van der Waals surface area contributed by atoms with Gasteiger partial charge >= 0.3 is 0 Å². The molecule has 1 aliphatic rings. The number of fused-ring (bicyclic) bond motifs is 1. The number of aryl methyl sites for hydroxylation is 2. The number of aromatic nitrogens is 1. The maximum atomic E-state index is 13.1. The van der Waals surface area contributed by atoms with E-state index in [4.69, 9.17) is 4.74 Å². The van der Waals surface area contributed by atoms with Crippen molar-refractivity contribution in [2.75, 3.05) is 32.6 Å². The standard InChI is InChI=1S/C19H24N4O4S/c1-12-21-15-5-4-6-16(18(15)28-12)22(2)19(24)13-7-8-14(20-9-10-27-3)17(11-13)23(25)26/h7-8,11,16,20H,4-6,9-10H2,1-3H3. The van der Waals surface area contributed by atoms with E-state index in [1.165, 1.54) is 6.07 Å². The molecule has 1 amide bonds. The molecule has 1 N–H and O–H groups in total. The summed E-state index contributed by atoms with van der Waals surface area (Å²) in [6, 6.07) is 4.51. The fraction of sp³-hybridized carbons (Fsp3) is 0.474. The van der Waals surface area contributed by atoms with E-state index in [9.17, 15) is 14.9 Å². The van der Waals surface area contributed by atoms with Crippen LogP contribution in [0.2, 0.25) is 0 Å². The van der Waals surface area contributed by atoms with Crippen LogP contribution in [0.15, 0.2) is 18.2 Å². The average Bonchev–Trinajstić information content (AvgIpc) is 3.07. The molecule has 28 heavy (non-hydrogen) atoms. The van der Waals surface area contributed by atoms with Gasteiger partial charge in [-0.1, -0.05) is 0 Å². The van der Waals surface area contributed by atoms with E-state index in [1.807, 2.05) is 6.92 Å². The molecule has 1 unspecified atom stereocenters. The molecule has 0 fully saturated rings. The van der Waals surface area contributed by atoms with Crippen molar-refractivity contribution in [1.29, 1.82) is 0 Å². The third kappa shape index (κ3) is 4.15.